The summed E-state index contributed by atoms with van der Waals surface area (Å²) < 4.78 is 0.708. The second kappa shape index (κ2) is 2.84. The Morgan fingerprint density at radius 1 is 1.43 bits per heavy atom. The van der Waals surface area contributed by atoms with Gasteiger partial charge in [0.25, 0.3) is 0 Å². The highest BCUT2D eigenvalue weighted by Crippen LogP contribution is 2.30. The van der Waals surface area contributed by atoms with Crippen LogP contribution in [0.3, 0.4) is 0 Å². The van der Waals surface area contributed by atoms with Crippen LogP contribution < -0.4 is 5.73 Å². The van der Waals surface area contributed by atoms with Crippen LogP contribution in [0.4, 0.5) is 0 Å². The molecule has 1 saturated heterocycles. The van der Waals surface area contributed by atoms with E-state index in [1.54, 1.807) is 0 Å². The summed E-state index contributed by atoms with van der Waals surface area (Å²) in [4.78, 5) is 0. The number of hydrogen-bond acceptors (Lipinski definition) is 3. The van der Waals surface area contributed by atoms with E-state index < -0.39 is 0 Å². The van der Waals surface area contributed by atoms with Gasteiger partial charge in [-0.15, -0.1) is 23.5 Å². The molecule has 0 aromatic rings. The van der Waals surface area contributed by atoms with Crippen molar-refractivity contribution in [3.05, 3.63) is 0 Å². The molecule has 1 nitrogen and oxygen atoms in total. The van der Waals surface area contributed by atoms with Crippen LogP contribution in [-0.4, -0.2) is 22.6 Å². The lowest BCUT2D eigenvalue weighted by Gasteiger charge is -1.98. The molecule has 7 heavy (non-hydrogen) atoms. The molecular formula is C4H9NS2. The zero-order valence-electron chi connectivity index (χ0n) is 4.09. The van der Waals surface area contributed by atoms with Gasteiger partial charge in [0.2, 0.25) is 0 Å². The average molecular weight is 135 g/mol. The summed E-state index contributed by atoms with van der Waals surface area (Å²) in [5.41, 5.74) is 5.39. The molecule has 0 unspecified atom stereocenters. The third-order valence-corrected chi connectivity index (χ3v) is 3.97. The van der Waals surface area contributed by atoms with Crippen LogP contribution in [0.2, 0.25) is 0 Å². The molecule has 3 heteroatoms. The first-order valence-corrected chi connectivity index (χ1v) is 4.46. The molecule has 0 amide bonds. The minimum absolute atomic E-state index is 0.708. The standard InChI is InChI=1S/C4H9NS2/c5-3-4-6-1-2-7-4/h4H,1-3,5H2. The first kappa shape index (κ1) is 5.79. The molecule has 0 bridgehead atoms. The normalized spacial score (nSPS) is 23.6. The third kappa shape index (κ3) is 1.55. The Bertz CT molecular complexity index is 51.7. The van der Waals surface area contributed by atoms with E-state index in [2.05, 4.69) is 0 Å². The highest BCUT2D eigenvalue weighted by atomic mass is 32.2. The van der Waals surface area contributed by atoms with E-state index in [0.29, 0.717) is 4.58 Å². The van der Waals surface area contributed by atoms with Crippen LogP contribution in [0, 0.1) is 0 Å². The minimum Gasteiger partial charge on any atom is -0.329 e. The van der Waals surface area contributed by atoms with Crippen molar-refractivity contribution in [2.45, 2.75) is 4.58 Å². The zero-order valence-corrected chi connectivity index (χ0v) is 5.73. The monoisotopic (exact) mass is 135 g/mol. The molecule has 0 radical (unpaired) electrons. The molecule has 2 N–H and O–H groups in total. The second-order valence-electron chi connectivity index (χ2n) is 1.41. The average Bonchev–Trinajstić information content (AvgIpc) is 2.14. The molecule has 1 aliphatic rings. The van der Waals surface area contributed by atoms with Crippen molar-refractivity contribution < 1.29 is 0 Å². The molecule has 1 rings (SSSR count). The van der Waals surface area contributed by atoms with Gasteiger partial charge in [-0.2, -0.15) is 0 Å². The first-order chi connectivity index (χ1) is 3.43. The van der Waals surface area contributed by atoms with E-state index >= 15 is 0 Å². The van der Waals surface area contributed by atoms with E-state index in [0.717, 1.165) is 6.54 Å². The van der Waals surface area contributed by atoms with Gasteiger partial charge in [0, 0.05) is 18.1 Å². The summed E-state index contributed by atoms with van der Waals surface area (Å²) >= 11 is 3.96. The number of thioether (sulfide) groups is 2. The molecule has 1 heterocycles. The van der Waals surface area contributed by atoms with E-state index in [4.69, 9.17) is 5.73 Å². The number of rotatable bonds is 1. The van der Waals surface area contributed by atoms with Crippen LogP contribution in [0.15, 0.2) is 0 Å². The Kier molecular flexibility index (Phi) is 2.35. The van der Waals surface area contributed by atoms with Gasteiger partial charge in [-0.1, -0.05) is 0 Å². The molecule has 42 valence electrons. The lowest BCUT2D eigenvalue weighted by molar-refractivity contribution is 1.11. The van der Waals surface area contributed by atoms with Gasteiger partial charge >= 0.3 is 0 Å². The van der Waals surface area contributed by atoms with E-state index in [9.17, 15) is 0 Å². The summed E-state index contributed by atoms with van der Waals surface area (Å²) in [5, 5.41) is 0. The van der Waals surface area contributed by atoms with Crippen LogP contribution in [0.25, 0.3) is 0 Å². The fourth-order valence-corrected chi connectivity index (χ4v) is 3.07. The predicted octanol–water partition coefficient (Wildman–Crippen LogP) is 0.751. The van der Waals surface area contributed by atoms with Crippen LogP contribution in [-0.2, 0) is 0 Å². The summed E-state index contributed by atoms with van der Waals surface area (Å²) in [6.07, 6.45) is 0. The Morgan fingerprint density at radius 3 is 2.29 bits per heavy atom. The van der Waals surface area contributed by atoms with Gasteiger partial charge in [0.1, 0.15) is 0 Å². The maximum Gasteiger partial charge on any atom is 0.0625 e. The van der Waals surface area contributed by atoms with E-state index in [1.807, 2.05) is 23.5 Å². The summed E-state index contributed by atoms with van der Waals surface area (Å²) in [6.45, 7) is 0.843. The minimum atomic E-state index is 0.708. The highest BCUT2D eigenvalue weighted by Gasteiger charge is 2.12. The highest BCUT2D eigenvalue weighted by molar-refractivity contribution is 8.20. The molecule has 0 spiro atoms. The molecule has 1 fully saturated rings. The second-order valence-corrected chi connectivity index (χ2v) is 4.33. The van der Waals surface area contributed by atoms with Gasteiger partial charge in [0.15, 0.2) is 0 Å². The largest absolute Gasteiger partial charge is 0.329 e. The molecule has 0 atom stereocenters. The maximum absolute atomic E-state index is 5.39. The lowest BCUT2D eigenvalue weighted by atomic mass is 10.8. The van der Waals surface area contributed by atoms with Crippen molar-refractivity contribution in [3.8, 4) is 0 Å². The number of hydrogen-bond donors (Lipinski definition) is 1. The first-order valence-electron chi connectivity index (χ1n) is 2.37. The Morgan fingerprint density at radius 2 is 2.00 bits per heavy atom. The fourth-order valence-electron chi connectivity index (χ4n) is 0.543. The van der Waals surface area contributed by atoms with Gasteiger partial charge in [-0.3, -0.25) is 0 Å². The molecule has 0 aromatic heterocycles. The Balaban J connectivity index is 2.14. The lowest BCUT2D eigenvalue weighted by Crippen LogP contribution is -2.09. The van der Waals surface area contributed by atoms with Crippen molar-refractivity contribution in [2.75, 3.05) is 18.1 Å². The zero-order chi connectivity index (χ0) is 5.11. The third-order valence-electron chi connectivity index (χ3n) is 0.883. The van der Waals surface area contributed by atoms with Gasteiger partial charge in [0.05, 0.1) is 4.58 Å². The molecule has 0 aliphatic carbocycles. The molecule has 0 aromatic carbocycles. The van der Waals surface area contributed by atoms with Crippen LogP contribution in [0.1, 0.15) is 0 Å². The van der Waals surface area contributed by atoms with E-state index in [1.165, 1.54) is 11.5 Å². The predicted molar refractivity (Wildman–Crippen MR) is 37.8 cm³/mol. The van der Waals surface area contributed by atoms with Crippen molar-refractivity contribution in [1.29, 1.82) is 0 Å². The van der Waals surface area contributed by atoms with Gasteiger partial charge in [-0.25, -0.2) is 0 Å². The number of nitrogens with two attached hydrogens (primary N) is 1. The topological polar surface area (TPSA) is 26.0 Å². The summed E-state index contributed by atoms with van der Waals surface area (Å²) in [7, 11) is 0. The van der Waals surface area contributed by atoms with E-state index in [-0.39, 0.29) is 0 Å². The fraction of sp³-hybridized carbons (Fsp3) is 1.00. The Hall–Kier alpha value is 0.660. The van der Waals surface area contributed by atoms with Crippen molar-refractivity contribution >= 4 is 23.5 Å². The molecule has 0 saturated carbocycles. The summed E-state index contributed by atoms with van der Waals surface area (Å²) in [6, 6.07) is 0. The van der Waals surface area contributed by atoms with Crippen molar-refractivity contribution in [2.24, 2.45) is 5.73 Å². The molecular weight excluding hydrogens is 126 g/mol. The van der Waals surface area contributed by atoms with Gasteiger partial charge in [-0.05, 0) is 0 Å². The smallest absolute Gasteiger partial charge is 0.0625 e. The SMILES string of the molecule is NCC1SCCS1. The summed E-state index contributed by atoms with van der Waals surface area (Å²) in [5.74, 6) is 2.60. The Labute approximate surface area is 52.4 Å². The maximum atomic E-state index is 5.39. The molecule has 1 aliphatic heterocycles. The van der Waals surface area contributed by atoms with Crippen molar-refractivity contribution in [3.63, 3.8) is 0 Å². The van der Waals surface area contributed by atoms with Crippen LogP contribution >= 0.6 is 23.5 Å². The quantitative estimate of drug-likeness (QED) is 0.574. The van der Waals surface area contributed by atoms with Crippen molar-refractivity contribution in [1.82, 2.24) is 0 Å². The van der Waals surface area contributed by atoms with Crippen LogP contribution in [0.5, 0.6) is 0 Å². The van der Waals surface area contributed by atoms with Gasteiger partial charge < -0.3 is 5.73 Å².